The number of hydrogen-bond donors (Lipinski definition) is 0. The quantitative estimate of drug-likeness (QED) is 0.518. The Kier molecular flexibility index (Phi) is 1.78. The first kappa shape index (κ1) is 6.20. The first-order chi connectivity index (χ1) is 4.33. The zero-order valence-electron chi connectivity index (χ0n) is 5.19. The molecule has 1 radical (unpaired) electrons. The molecule has 0 atom stereocenters. The van der Waals surface area contributed by atoms with Crippen molar-refractivity contribution in [3.05, 3.63) is 29.8 Å². The van der Waals surface area contributed by atoms with Crippen molar-refractivity contribution in [2.24, 2.45) is 0 Å². The molecular formula is C7H7FN. The highest BCUT2D eigenvalue weighted by Crippen LogP contribution is 1.95. The molecule has 0 saturated heterocycles. The van der Waals surface area contributed by atoms with Crippen LogP contribution in [0.15, 0.2) is 12.1 Å². The lowest BCUT2D eigenvalue weighted by molar-refractivity contribution is 0.577. The predicted molar refractivity (Wildman–Crippen MR) is 32.4 cm³/mol. The van der Waals surface area contributed by atoms with E-state index >= 15 is 0 Å². The molecule has 0 saturated carbocycles. The third-order valence-electron chi connectivity index (χ3n) is 1.05. The second-order valence-electron chi connectivity index (χ2n) is 1.71. The molecule has 0 bridgehead atoms. The highest BCUT2D eigenvalue weighted by molar-refractivity contribution is 5.01. The Balaban J connectivity index is 2.94. The maximum Gasteiger partial charge on any atom is 0.213 e. The minimum atomic E-state index is -0.425. The van der Waals surface area contributed by atoms with Gasteiger partial charge in [0.2, 0.25) is 5.95 Å². The number of aryl methyl sites for hydroxylation is 1. The van der Waals surface area contributed by atoms with Crippen molar-refractivity contribution >= 4 is 0 Å². The van der Waals surface area contributed by atoms with Crippen LogP contribution in [-0.2, 0) is 6.42 Å². The van der Waals surface area contributed by atoms with E-state index in [9.17, 15) is 4.39 Å². The molecule has 9 heavy (non-hydrogen) atoms. The van der Waals surface area contributed by atoms with Gasteiger partial charge in [0.25, 0.3) is 0 Å². The van der Waals surface area contributed by atoms with Gasteiger partial charge >= 0.3 is 0 Å². The van der Waals surface area contributed by atoms with E-state index in [2.05, 4.69) is 11.1 Å². The van der Waals surface area contributed by atoms with Crippen LogP contribution in [0.4, 0.5) is 4.39 Å². The molecule has 0 aliphatic rings. The summed E-state index contributed by atoms with van der Waals surface area (Å²) >= 11 is 0. The topological polar surface area (TPSA) is 12.9 Å². The molecule has 47 valence electrons. The van der Waals surface area contributed by atoms with Gasteiger partial charge in [-0.05, 0) is 18.6 Å². The Hall–Kier alpha value is -0.920. The van der Waals surface area contributed by atoms with E-state index in [1.807, 2.05) is 6.92 Å². The third-order valence-corrected chi connectivity index (χ3v) is 1.05. The van der Waals surface area contributed by atoms with Crippen molar-refractivity contribution in [1.29, 1.82) is 0 Å². The lowest BCUT2D eigenvalue weighted by atomic mass is 10.3. The molecule has 2 heteroatoms. The second-order valence-corrected chi connectivity index (χ2v) is 1.71. The van der Waals surface area contributed by atoms with Crippen LogP contribution in [-0.4, -0.2) is 4.98 Å². The zero-order chi connectivity index (χ0) is 6.69. The van der Waals surface area contributed by atoms with Crippen molar-refractivity contribution in [3.8, 4) is 0 Å². The summed E-state index contributed by atoms with van der Waals surface area (Å²) in [5, 5.41) is 0. The van der Waals surface area contributed by atoms with Gasteiger partial charge in [0.15, 0.2) is 0 Å². The Labute approximate surface area is 53.5 Å². The van der Waals surface area contributed by atoms with Crippen molar-refractivity contribution in [2.45, 2.75) is 13.3 Å². The predicted octanol–water partition coefficient (Wildman–Crippen LogP) is 1.58. The molecule has 1 nitrogen and oxygen atoms in total. The molecule has 0 aromatic carbocycles. The summed E-state index contributed by atoms with van der Waals surface area (Å²) < 4.78 is 12.2. The number of rotatable bonds is 1. The highest BCUT2D eigenvalue weighted by Gasteiger charge is 1.91. The summed E-state index contributed by atoms with van der Waals surface area (Å²) in [5.41, 5.74) is 0.676. The van der Waals surface area contributed by atoms with Gasteiger partial charge in [-0.2, -0.15) is 4.39 Å². The van der Waals surface area contributed by atoms with E-state index in [0.29, 0.717) is 5.69 Å². The lowest BCUT2D eigenvalue weighted by Gasteiger charge is -1.91. The van der Waals surface area contributed by atoms with Crippen LogP contribution >= 0.6 is 0 Å². The van der Waals surface area contributed by atoms with E-state index in [1.54, 1.807) is 6.07 Å². The van der Waals surface area contributed by atoms with Crippen LogP contribution in [0.1, 0.15) is 12.6 Å². The number of halogens is 1. The molecule has 1 aromatic rings. The monoisotopic (exact) mass is 124 g/mol. The third kappa shape index (κ3) is 1.49. The van der Waals surface area contributed by atoms with Crippen molar-refractivity contribution < 1.29 is 4.39 Å². The lowest BCUT2D eigenvalue weighted by Crippen LogP contribution is -1.88. The van der Waals surface area contributed by atoms with Crippen molar-refractivity contribution in [3.63, 3.8) is 0 Å². The fraction of sp³-hybridized carbons (Fsp3) is 0.286. The summed E-state index contributed by atoms with van der Waals surface area (Å²) in [5.74, 6) is -0.425. The van der Waals surface area contributed by atoms with Gasteiger partial charge in [0.1, 0.15) is 0 Å². The van der Waals surface area contributed by atoms with E-state index in [0.717, 1.165) is 6.42 Å². The summed E-state index contributed by atoms with van der Waals surface area (Å²) in [7, 11) is 0. The molecule has 0 unspecified atom stereocenters. The van der Waals surface area contributed by atoms with Crippen LogP contribution in [0.3, 0.4) is 0 Å². The van der Waals surface area contributed by atoms with Crippen LogP contribution in [0, 0.1) is 12.0 Å². The SMILES string of the molecule is CCc1[c]ccc(F)n1. The van der Waals surface area contributed by atoms with Crippen molar-refractivity contribution in [1.82, 2.24) is 4.98 Å². The molecular weight excluding hydrogens is 117 g/mol. The molecule has 0 aliphatic heterocycles. The Bertz CT molecular complexity index is 198. The minimum Gasteiger partial charge on any atom is -0.224 e. The van der Waals surface area contributed by atoms with Gasteiger partial charge in [-0.25, -0.2) is 4.98 Å². The Morgan fingerprint density at radius 2 is 2.56 bits per heavy atom. The average molecular weight is 124 g/mol. The number of hydrogen-bond acceptors (Lipinski definition) is 1. The van der Waals surface area contributed by atoms with Gasteiger partial charge in [0.05, 0.1) is 5.69 Å². The smallest absolute Gasteiger partial charge is 0.213 e. The van der Waals surface area contributed by atoms with Gasteiger partial charge < -0.3 is 0 Å². The molecule has 1 rings (SSSR count). The summed E-state index contributed by atoms with van der Waals surface area (Å²) in [4.78, 5) is 3.57. The van der Waals surface area contributed by atoms with Crippen LogP contribution < -0.4 is 0 Å². The maximum absolute atomic E-state index is 12.2. The number of nitrogens with zero attached hydrogens (tertiary/aromatic N) is 1. The minimum absolute atomic E-state index is 0.425. The first-order valence-corrected chi connectivity index (χ1v) is 2.86. The van der Waals surface area contributed by atoms with Crippen LogP contribution in [0.5, 0.6) is 0 Å². The standard InChI is InChI=1S/C7H7FN/c1-2-6-4-3-5-7(8)9-6/h3,5H,2H2,1H3. The van der Waals surface area contributed by atoms with E-state index < -0.39 is 5.95 Å². The molecule has 0 aliphatic carbocycles. The fourth-order valence-electron chi connectivity index (χ4n) is 0.586. The molecule has 0 amide bonds. The largest absolute Gasteiger partial charge is 0.224 e. The van der Waals surface area contributed by atoms with E-state index in [-0.39, 0.29) is 0 Å². The summed E-state index contributed by atoms with van der Waals surface area (Å²) in [6.45, 7) is 1.91. The van der Waals surface area contributed by atoms with Gasteiger partial charge in [-0.15, -0.1) is 0 Å². The molecule has 0 fully saturated rings. The van der Waals surface area contributed by atoms with Crippen LogP contribution in [0.25, 0.3) is 0 Å². The highest BCUT2D eigenvalue weighted by atomic mass is 19.1. The first-order valence-electron chi connectivity index (χ1n) is 2.86. The molecule has 0 spiro atoms. The molecule has 1 heterocycles. The Morgan fingerprint density at radius 1 is 1.78 bits per heavy atom. The summed E-state index contributed by atoms with van der Waals surface area (Å²) in [6.07, 6.45) is 0.734. The van der Waals surface area contributed by atoms with Gasteiger partial charge in [-0.1, -0.05) is 6.92 Å². The maximum atomic E-state index is 12.2. The molecule has 1 aromatic heterocycles. The van der Waals surface area contributed by atoms with E-state index in [4.69, 9.17) is 0 Å². The number of aromatic nitrogens is 1. The van der Waals surface area contributed by atoms with Gasteiger partial charge in [-0.3, -0.25) is 0 Å². The summed E-state index contributed by atoms with van der Waals surface area (Å²) in [6, 6.07) is 5.64. The second kappa shape index (κ2) is 2.58. The average Bonchev–Trinajstić information content (AvgIpc) is 1.88. The van der Waals surface area contributed by atoms with Crippen LogP contribution in [0.2, 0.25) is 0 Å². The van der Waals surface area contributed by atoms with E-state index in [1.165, 1.54) is 6.07 Å². The van der Waals surface area contributed by atoms with Gasteiger partial charge in [0, 0.05) is 6.07 Å². The number of pyridine rings is 1. The fourth-order valence-corrected chi connectivity index (χ4v) is 0.586. The molecule has 0 N–H and O–H groups in total. The normalized spacial score (nSPS) is 9.56. The Morgan fingerprint density at radius 3 is 3.00 bits per heavy atom. The van der Waals surface area contributed by atoms with Crippen molar-refractivity contribution in [2.75, 3.05) is 0 Å². The zero-order valence-corrected chi connectivity index (χ0v) is 5.19.